The Labute approximate surface area is 170 Å². The molecular weight excluding hydrogens is 397 g/mol. The van der Waals surface area contributed by atoms with E-state index in [1.165, 1.54) is 17.4 Å². The fourth-order valence-corrected chi connectivity index (χ4v) is 4.37. The average molecular weight is 414 g/mol. The van der Waals surface area contributed by atoms with Gasteiger partial charge in [0.25, 0.3) is 5.56 Å². The topological polar surface area (TPSA) is 49.0 Å². The zero-order valence-corrected chi connectivity index (χ0v) is 16.6. The minimum Gasteiger partial charge on any atom is -0.309 e. The van der Waals surface area contributed by atoms with Gasteiger partial charge in [-0.25, -0.2) is 9.37 Å². The standard InChI is InChI=1S/C21H17ClFN3OS/c1-26(10-13-6-2-5-9-17(13)23)11-18-24-20(27)19-15(12-28-21(19)25-18)14-7-3-4-8-16(14)22/h2-9,12H,10-11H2,1H3,(H,24,25,27). The van der Waals surface area contributed by atoms with E-state index in [-0.39, 0.29) is 11.4 Å². The van der Waals surface area contributed by atoms with Gasteiger partial charge < -0.3 is 4.98 Å². The van der Waals surface area contributed by atoms with Gasteiger partial charge in [0.2, 0.25) is 0 Å². The molecule has 142 valence electrons. The molecule has 28 heavy (non-hydrogen) atoms. The number of fused-ring (bicyclic) bond motifs is 1. The number of benzene rings is 2. The number of nitrogens with zero attached hydrogens (tertiary/aromatic N) is 2. The lowest BCUT2D eigenvalue weighted by Gasteiger charge is -2.16. The van der Waals surface area contributed by atoms with Crippen LogP contribution >= 0.6 is 22.9 Å². The molecule has 0 radical (unpaired) electrons. The molecule has 0 saturated heterocycles. The van der Waals surface area contributed by atoms with E-state index in [0.717, 1.165) is 11.1 Å². The van der Waals surface area contributed by atoms with Crippen molar-refractivity contribution >= 4 is 33.2 Å². The van der Waals surface area contributed by atoms with Crippen molar-refractivity contribution in [1.29, 1.82) is 0 Å². The number of hydrogen-bond acceptors (Lipinski definition) is 4. The van der Waals surface area contributed by atoms with Crippen LogP contribution in [0, 0.1) is 5.82 Å². The lowest BCUT2D eigenvalue weighted by Crippen LogP contribution is -2.22. The third kappa shape index (κ3) is 3.71. The Morgan fingerprint density at radius 1 is 1.11 bits per heavy atom. The predicted octanol–water partition coefficient (Wildman–Crippen LogP) is 5.08. The van der Waals surface area contributed by atoms with E-state index in [1.54, 1.807) is 24.3 Å². The Balaban J connectivity index is 1.63. The highest BCUT2D eigenvalue weighted by atomic mass is 35.5. The first kappa shape index (κ1) is 18.8. The van der Waals surface area contributed by atoms with Crippen molar-refractivity contribution in [2.45, 2.75) is 13.1 Å². The fraction of sp³-hybridized carbons (Fsp3) is 0.143. The van der Waals surface area contributed by atoms with Crippen LogP contribution < -0.4 is 5.56 Å². The van der Waals surface area contributed by atoms with Crippen molar-refractivity contribution in [3.05, 3.63) is 86.5 Å². The van der Waals surface area contributed by atoms with Gasteiger partial charge in [-0.05, 0) is 19.2 Å². The van der Waals surface area contributed by atoms with Gasteiger partial charge in [-0.1, -0.05) is 48.0 Å². The molecular formula is C21H17ClFN3OS. The molecule has 4 nitrogen and oxygen atoms in total. The van der Waals surface area contributed by atoms with Crippen LogP contribution in [0.2, 0.25) is 5.02 Å². The average Bonchev–Trinajstić information content (AvgIpc) is 3.08. The van der Waals surface area contributed by atoms with Crippen LogP contribution in [0.1, 0.15) is 11.4 Å². The van der Waals surface area contributed by atoms with E-state index in [1.807, 2.05) is 35.5 Å². The summed E-state index contributed by atoms with van der Waals surface area (Å²) in [5.41, 5.74) is 2.00. The van der Waals surface area contributed by atoms with E-state index in [9.17, 15) is 9.18 Å². The predicted molar refractivity (Wildman–Crippen MR) is 112 cm³/mol. The SMILES string of the molecule is CN(Cc1nc2scc(-c3ccccc3Cl)c2c(=O)[nH]1)Cc1ccccc1F. The first-order valence-electron chi connectivity index (χ1n) is 8.70. The summed E-state index contributed by atoms with van der Waals surface area (Å²) in [5.74, 6) is 0.304. The molecule has 0 fully saturated rings. The lowest BCUT2D eigenvalue weighted by atomic mass is 10.1. The second-order valence-electron chi connectivity index (χ2n) is 6.59. The summed E-state index contributed by atoms with van der Waals surface area (Å²) in [6.07, 6.45) is 0. The third-order valence-corrected chi connectivity index (χ3v) is 5.68. The van der Waals surface area contributed by atoms with Crippen molar-refractivity contribution in [2.75, 3.05) is 7.05 Å². The normalized spacial score (nSPS) is 11.4. The zero-order valence-electron chi connectivity index (χ0n) is 15.1. The number of aromatic amines is 1. The Morgan fingerprint density at radius 2 is 1.86 bits per heavy atom. The number of halogens is 2. The van der Waals surface area contributed by atoms with E-state index in [2.05, 4.69) is 9.97 Å². The van der Waals surface area contributed by atoms with Crippen LogP contribution in [0.5, 0.6) is 0 Å². The van der Waals surface area contributed by atoms with Crippen molar-refractivity contribution in [2.24, 2.45) is 0 Å². The highest BCUT2D eigenvalue weighted by molar-refractivity contribution is 7.17. The zero-order chi connectivity index (χ0) is 19.7. The maximum absolute atomic E-state index is 13.8. The molecule has 7 heteroatoms. The van der Waals surface area contributed by atoms with Gasteiger partial charge in [-0.3, -0.25) is 9.69 Å². The second kappa shape index (κ2) is 7.83. The molecule has 1 N–H and O–H groups in total. The molecule has 0 aliphatic rings. The molecule has 4 aromatic rings. The Morgan fingerprint density at radius 3 is 2.64 bits per heavy atom. The molecule has 4 rings (SSSR count). The first-order valence-corrected chi connectivity index (χ1v) is 9.96. The number of nitrogens with one attached hydrogen (secondary N) is 1. The van der Waals surface area contributed by atoms with Crippen molar-refractivity contribution in [3.8, 4) is 11.1 Å². The van der Waals surface area contributed by atoms with E-state index in [4.69, 9.17) is 11.6 Å². The molecule has 0 saturated carbocycles. The molecule has 0 atom stereocenters. The summed E-state index contributed by atoms with van der Waals surface area (Å²) in [6.45, 7) is 0.822. The molecule has 2 aromatic carbocycles. The largest absolute Gasteiger partial charge is 0.309 e. The Bertz CT molecular complexity index is 1200. The van der Waals surface area contributed by atoms with Crippen LogP contribution in [0.3, 0.4) is 0 Å². The van der Waals surface area contributed by atoms with Crippen molar-refractivity contribution < 1.29 is 4.39 Å². The summed E-state index contributed by atoms with van der Waals surface area (Å²) in [7, 11) is 1.86. The minimum absolute atomic E-state index is 0.199. The smallest absolute Gasteiger partial charge is 0.260 e. The maximum Gasteiger partial charge on any atom is 0.260 e. The molecule has 2 heterocycles. The number of H-pyrrole nitrogens is 1. The monoisotopic (exact) mass is 413 g/mol. The summed E-state index contributed by atoms with van der Waals surface area (Å²) >= 11 is 7.70. The fourth-order valence-electron chi connectivity index (χ4n) is 3.18. The van der Waals surface area contributed by atoms with Crippen LogP contribution in [0.15, 0.2) is 58.7 Å². The van der Waals surface area contributed by atoms with Crippen LogP contribution in [0.25, 0.3) is 21.3 Å². The summed E-state index contributed by atoms with van der Waals surface area (Å²) < 4.78 is 13.8. The van der Waals surface area contributed by atoms with E-state index < -0.39 is 0 Å². The van der Waals surface area contributed by atoms with Gasteiger partial charge in [0.15, 0.2) is 0 Å². The van der Waals surface area contributed by atoms with Gasteiger partial charge >= 0.3 is 0 Å². The highest BCUT2D eigenvalue weighted by Crippen LogP contribution is 2.34. The van der Waals surface area contributed by atoms with Gasteiger partial charge in [-0.15, -0.1) is 11.3 Å². The third-order valence-electron chi connectivity index (χ3n) is 4.47. The second-order valence-corrected chi connectivity index (χ2v) is 7.85. The molecule has 2 aromatic heterocycles. The quantitative estimate of drug-likeness (QED) is 0.496. The van der Waals surface area contributed by atoms with Gasteiger partial charge in [0, 0.05) is 33.6 Å². The van der Waals surface area contributed by atoms with Crippen LogP contribution in [0.4, 0.5) is 4.39 Å². The summed E-state index contributed by atoms with van der Waals surface area (Å²) in [6, 6.07) is 14.1. The lowest BCUT2D eigenvalue weighted by molar-refractivity contribution is 0.305. The molecule has 0 unspecified atom stereocenters. The van der Waals surface area contributed by atoms with Gasteiger partial charge in [0.05, 0.1) is 11.9 Å². The summed E-state index contributed by atoms with van der Waals surface area (Å²) in [5, 5.41) is 3.04. The Kier molecular flexibility index (Phi) is 5.26. The van der Waals surface area contributed by atoms with Crippen LogP contribution in [-0.2, 0) is 13.1 Å². The van der Waals surface area contributed by atoms with E-state index >= 15 is 0 Å². The van der Waals surface area contributed by atoms with Gasteiger partial charge in [0.1, 0.15) is 16.5 Å². The highest BCUT2D eigenvalue weighted by Gasteiger charge is 2.15. The Hall–Kier alpha value is -2.54. The number of thiophene rings is 1. The minimum atomic E-state index is -0.242. The molecule has 0 aliphatic carbocycles. The molecule has 0 bridgehead atoms. The molecule has 0 spiro atoms. The molecule has 0 aliphatic heterocycles. The van der Waals surface area contributed by atoms with Crippen molar-refractivity contribution in [1.82, 2.24) is 14.9 Å². The van der Waals surface area contributed by atoms with Crippen LogP contribution in [-0.4, -0.2) is 21.9 Å². The van der Waals surface area contributed by atoms with Gasteiger partial charge in [-0.2, -0.15) is 0 Å². The summed E-state index contributed by atoms with van der Waals surface area (Å²) in [4.78, 5) is 22.8. The number of rotatable bonds is 5. The van der Waals surface area contributed by atoms with Crippen molar-refractivity contribution in [3.63, 3.8) is 0 Å². The number of aromatic nitrogens is 2. The maximum atomic E-state index is 13.8. The molecule has 0 amide bonds. The first-order chi connectivity index (χ1) is 13.5. The van der Waals surface area contributed by atoms with E-state index in [0.29, 0.717) is 39.7 Å². The number of hydrogen-bond donors (Lipinski definition) is 1.